The number of carbonyl (C=O) groups excluding carboxylic acids is 1. The quantitative estimate of drug-likeness (QED) is 0.619. The standard InChI is InChI=1S/C12H15NO3/c1-4-16-12(15)8(2)11(14)10-6-5-7-13-9(10)3/h5-7,11,14H,2,4H2,1,3H3. The summed E-state index contributed by atoms with van der Waals surface area (Å²) in [5, 5.41) is 9.93. The molecule has 0 saturated carbocycles. The van der Waals surface area contributed by atoms with E-state index in [1.54, 1.807) is 32.2 Å². The molecular formula is C12H15NO3. The second-order valence-corrected chi connectivity index (χ2v) is 3.33. The van der Waals surface area contributed by atoms with Crippen molar-refractivity contribution in [2.75, 3.05) is 6.61 Å². The summed E-state index contributed by atoms with van der Waals surface area (Å²) in [5.41, 5.74) is 1.26. The molecule has 4 nitrogen and oxygen atoms in total. The molecule has 1 aromatic rings. The van der Waals surface area contributed by atoms with E-state index < -0.39 is 12.1 Å². The van der Waals surface area contributed by atoms with E-state index in [1.807, 2.05) is 0 Å². The summed E-state index contributed by atoms with van der Waals surface area (Å²) in [4.78, 5) is 15.4. The van der Waals surface area contributed by atoms with Gasteiger partial charge in [-0.25, -0.2) is 4.79 Å². The third kappa shape index (κ3) is 2.67. The van der Waals surface area contributed by atoms with Gasteiger partial charge >= 0.3 is 5.97 Å². The second-order valence-electron chi connectivity index (χ2n) is 3.33. The van der Waals surface area contributed by atoms with Gasteiger partial charge in [0.25, 0.3) is 0 Å². The highest BCUT2D eigenvalue weighted by molar-refractivity contribution is 5.89. The first kappa shape index (κ1) is 12.4. The Labute approximate surface area is 94.6 Å². The lowest BCUT2D eigenvalue weighted by molar-refractivity contribution is -0.139. The van der Waals surface area contributed by atoms with E-state index in [0.29, 0.717) is 11.3 Å². The first-order valence-electron chi connectivity index (χ1n) is 5.03. The molecule has 16 heavy (non-hydrogen) atoms. The van der Waals surface area contributed by atoms with Gasteiger partial charge in [0.15, 0.2) is 0 Å². The van der Waals surface area contributed by atoms with Crippen LogP contribution in [0.25, 0.3) is 0 Å². The Bertz CT molecular complexity index is 401. The fourth-order valence-corrected chi connectivity index (χ4v) is 1.31. The van der Waals surface area contributed by atoms with Crippen LogP contribution in [0.1, 0.15) is 24.3 Å². The highest BCUT2D eigenvalue weighted by atomic mass is 16.5. The summed E-state index contributed by atoms with van der Waals surface area (Å²) in [7, 11) is 0. The number of pyridine rings is 1. The zero-order valence-electron chi connectivity index (χ0n) is 9.43. The van der Waals surface area contributed by atoms with Crippen LogP contribution in [0.2, 0.25) is 0 Å². The lowest BCUT2D eigenvalue weighted by atomic mass is 10.0. The average Bonchev–Trinajstić information content (AvgIpc) is 2.28. The van der Waals surface area contributed by atoms with Crippen LogP contribution in [0.4, 0.5) is 0 Å². The third-order valence-corrected chi connectivity index (χ3v) is 2.21. The summed E-state index contributed by atoms with van der Waals surface area (Å²) >= 11 is 0. The number of hydrogen-bond donors (Lipinski definition) is 1. The van der Waals surface area contributed by atoms with Crippen LogP contribution < -0.4 is 0 Å². The predicted molar refractivity (Wildman–Crippen MR) is 59.7 cm³/mol. The zero-order valence-corrected chi connectivity index (χ0v) is 9.43. The number of ether oxygens (including phenoxy) is 1. The Morgan fingerprint density at radius 1 is 1.69 bits per heavy atom. The monoisotopic (exact) mass is 221 g/mol. The molecule has 0 aliphatic rings. The van der Waals surface area contributed by atoms with E-state index in [2.05, 4.69) is 11.6 Å². The number of aliphatic hydroxyl groups excluding tert-OH is 1. The molecule has 0 radical (unpaired) electrons. The van der Waals surface area contributed by atoms with Crippen molar-refractivity contribution in [1.82, 2.24) is 4.98 Å². The molecule has 1 aromatic heterocycles. The van der Waals surface area contributed by atoms with Crippen LogP contribution in [0.3, 0.4) is 0 Å². The molecule has 1 rings (SSSR count). The average molecular weight is 221 g/mol. The maximum absolute atomic E-state index is 11.4. The normalized spacial score (nSPS) is 11.9. The van der Waals surface area contributed by atoms with E-state index in [4.69, 9.17) is 4.74 Å². The SMILES string of the molecule is C=C(C(=O)OCC)C(O)c1cccnc1C. The summed E-state index contributed by atoms with van der Waals surface area (Å²) in [5.74, 6) is -0.585. The Morgan fingerprint density at radius 2 is 2.38 bits per heavy atom. The number of aromatic nitrogens is 1. The maximum Gasteiger partial charge on any atom is 0.336 e. The molecule has 0 aliphatic carbocycles. The van der Waals surface area contributed by atoms with Gasteiger partial charge < -0.3 is 9.84 Å². The van der Waals surface area contributed by atoms with Crippen molar-refractivity contribution in [3.05, 3.63) is 41.7 Å². The molecule has 0 fully saturated rings. The van der Waals surface area contributed by atoms with Crippen molar-refractivity contribution in [3.8, 4) is 0 Å². The molecule has 0 amide bonds. The third-order valence-electron chi connectivity index (χ3n) is 2.21. The Balaban J connectivity index is 2.86. The molecule has 0 aliphatic heterocycles. The van der Waals surface area contributed by atoms with Crippen LogP contribution in [0, 0.1) is 6.92 Å². The smallest absolute Gasteiger partial charge is 0.336 e. The summed E-state index contributed by atoms with van der Waals surface area (Å²) in [6, 6.07) is 3.40. The molecule has 1 N–H and O–H groups in total. The largest absolute Gasteiger partial charge is 0.463 e. The number of aliphatic hydroxyl groups is 1. The summed E-state index contributed by atoms with van der Waals surface area (Å²) in [6.45, 7) is 7.26. The molecule has 0 bridgehead atoms. The van der Waals surface area contributed by atoms with Crippen molar-refractivity contribution in [2.24, 2.45) is 0 Å². The molecule has 0 spiro atoms. The minimum Gasteiger partial charge on any atom is -0.463 e. The fourth-order valence-electron chi connectivity index (χ4n) is 1.31. The second kappa shape index (κ2) is 5.42. The van der Waals surface area contributed by atoms with Gasteiger partial charge in [-0.1, -0.05) is 12.6 Å². The number of hydrogen-bond acceptors (Lipinski definition) is 4. The lowest BCUT2D eigenvalue weighted by Gasteiger charge is -2.14. The number of esters is 1. The summed E-state index contributed by atoms with van der Waals surface area (Å²) < 4.78 is 4.77. The Kier molecular flexibility index (Phi) is 4.19. The highest BCUT2D eigenvalue weighted by Gasteiger charge is 2.20. The minimum atomic E-state index is -1.06. The highest BCUT2D eigenvalue weighted by Crippen LogP contribution is 2.22. The van der Waals surface area contributed by atoms with Gasteiger partial charge in [0.1, 0.15) is 6.10 Å². The van der Waals surface area contributed by atoms with Gasteiger partial charge in [0.05, 0.1) is 12.2 Å². The van der Waals surface area contributed by atoms with Crippen molar-refractivity contribution in [2.45, 2.75) is 20.0 Å². The van der Waals surface area contributed by atoms with Crippen LogP contribution in [0.15, 0.2) is 30.5 Å². The minimum absolute atomic E-state index is 0.0259. The van der Waals surface area contributed by atoms with E-state index in [1.165, 1.54) is 0 Å². The summed E-state index contributed by atoms with van der Waals surface area (Å²) in [6.07, 6.45) is 0.561. The molecule has 1 atom stereocenters. The predicted octanol–water partition coefficient (Wildman–Crippen LogP) is 1.54. The number of aryl methyl sites for hydroxylation is 1. The van der Waals surface area contributed by atoms with Crippen molar-refractivity contribution >= 4 is 5.97 Å². The first-order chi connectivity index (χ1) is 7.57. The Hall–Kier alpha value is -1.68. The van der Waals surface area contributed by atoms with E-state index in [-0.39, 0.29) is 12.2 Å². The van der Waals surface area contributed by atoms with Gasteiger partial charge in [0.2, 0.25) is 0 Å². The molecule has 1 heterocycles. The molecule has 0 saturated heterocycles. The molecule has 86 valence electrons. The van der Waals surface area contributed by atoms with E-state index in [9.17, 15) is 9.90 Å². The van der Waals surface area contributed by atoms with Gasteiger partial charge in [-0.2, -0.15) is 0 Å². The van der Waals surface area contributed by atoms with Crippen LogP contribution in [-0.4, -0.2) is 22.7 Å². The molecule has 4 heteroatoms. The van der Waals surface area contributed by atoms with Crippen LogP contribution in [0.5, 0.6) is 0 Å². The van der Waals surface area contributed by atoms with E-state index >= 15 is 0 Å². The Morgan fingerprint density at radius 3 is 2.94 bits per heavy atom. The van der Waals surface area contributed by atoms with Crippen LogP contribution in [-0.2, 0) is 9.53 Å². The van der Waals surface area contributed by atoms with Gasteiger partial charge in [-0.3, -0.25) is 4.98 Å². The fraction of sp³-hybridized carbons (Fsp3) is 0.333. The number of rotatable bonds is 4. The molecule has 1 unspecified atom stereocenters. The van der Waals surface area contributed by atoms with E-state index in [0.717, 1.165) is 0 Å². The number of nitrogens with zero attached hydrogens (tertiary/aromatic N) is 1. The van der Waals surface area contributed by atoms with Crippen molar-refractivity contribution in [3.63, 3.8) is 0 Å². The topological polar surface area (TPSA) is 59.4 Å². The maximum atomic E-state index is 11.4. The molecular weight excluding hydrogens is 206 g/mol. The van der Waals surface area contributed by atoms with Gasteiger partial charge in [-0.05, 0) is 19.9 Å². The van der Waals surface area contributed by atoms with Crippen molar-refractivity contribution in [1.29, 1.82) is 0 Å². The van der Waals surface area contributed by atoms with Crippen LogP contribution >= 0.6 is 0 Å². The molecule has 0 aromatic carbocycles. The van der Waals surface area contributed by atoms with Crippen molar-refractivity contribution < 1.29 is 14.6 Å². The van der Waals surface area contributed by atoms with Gasteiger partial charge in [-0.15, -0.1) is 0 Å². The number of carbonyl (C=O) groups is 1. The first-order valence-corrected chi connectivity index (χ1v) is 5.03. The lowest BCUT2D eigenvalue weighted by Crippen LogP contribution is -2.14. The van der Waals surface area contributed by atoms with Gasteiger partial charge in [0, 0.05) is 17.5 Å². The zero-order chi connectivity index (χ0) is 12.1.